The molecule has 3 heterocycles. The minimum atomic E-state index is 0.380. The lowest BCUT2D eigenvalue weighted by molar-refractivity contribution is 0.271. The quantitative estimate of drug-likeness (QED) is 0.252. The molecule has 1 aliphatic rings. The summed E-state index contributed by atoms with van der Waals surface area (Å²) in [5.74, 6) is 0.832. The Hall–Kier alpha value is -3.95. The van der Waals surface area contributed by atoms with Gasteiger partial charge in [0.25, 0.3) is 0 Å². The molecule has 3 N–H and O–H groups in total. The fourth-order valence-corrected chi connectivity index (χ4v) is 5.44. The lowest BCUT2D eigenvalue weighted by Crippen LogP contribution is -2.46. The largest absolute Gasteiger partial charge is 0.383 e. The predicted molar refractivity (Wildman–Crippen MR) is 162 cm³/mol. The van der Waals surface area contributed by atoms with Crippen LogP contribution in [0.15, 0.2) is 83.6 Å². The lowest BCUT2D eigenvalue weighted by atomic mass is 10.1. The van der Waals surface area contributed by atoms with Gasteiger partial charge in [0.15, 0.2) is 0 Å². The molecule has 0 aliphatic carbocycles. The average molecular weight is 584 g/mol. The molecule has 3 aromatic carbocycles. The number of aromatic nitrogens is 4. The standard InChI is InChI=1S/C30H31BrN8/c1-2-37-14-16-38(17-15-37)24-11-9-23(10-12-24)34-30-35-28(27(31)29(32)36-30)22-8-13-25-26(18-22)39(20-33-25)19-21-6-4-3-5-7-21/h3-13,18,20H,2,14-17,19H2,1H3,(H3,32,34,35,36). The van der Waals surface area contributed by atoms with E-state index in [1.807, 2.05) is 24.5 Å². The molecule has 0 spiro atoms. The van der Waals surface area contributed by atoms with Crippen molar-refractivity contribution in [2.75, 3.05) is 48.7 Å². The summed E-state index contributed by atoms with van der Waals surface area (Å²) in [5.41, 5.74) is 13.3. The molecule has 0 atom stereocenters. The Morgan fingerprint density at radius 1 is 0.923 bits per heavy atom. The number of halogens is 1. The van der Waals surface area contributed by atoms with Gasteiger partial charge in [0, 0.05) is 49.7 Å². The first-order chi connectivity index (χ1) is 19.1. The summed E-state index contributed by atoms with van der Waals surface area (Å²) in [6.07, 6.45) is 1.88. The topological polar surface area (TPSA) is 88.1 Å². The maximum atomic E-state index is 6.32. The number of rotatable bonds is 7. The Labute approximate surface area is 236 Å². The number of fused-ring (bicyclic) bond motifs is 1. The number of piperazine rings is 1. The zero-order valence-electron chi connectivity index (χ0n) is 21.9. The van der Waals surface area contributed by atoms with E-state index in [9.17, 15) is 0 Å². The fourth-order valence-electron chi connectivity index (χ4n) is 5.03. The van der Waals surface area contributed by atoms with Crippen LogP contribution in [0.1, 0.15) is 12.5 Å². The molecule has 2 aromatic heterocycles. The van der Waals surface area contributed by atoms with Gasteiger partial charge in [-0.1, -0.05) is 43.3 Å². The number of anilines is 4. The summed E-state index contributed by atoms with van der Waals surface area (Å²) in [6, 6.07) is 24.9. The zero-order chi connectivity index (χ0) is 26.8. The van der Waals surface area contributed by atoms with E-state index in [1.54, 1.807) is 0 Å². The first kappa shape index (κ1) is 25.3. The Morgan fingerprint density at radius 2 is 1.69 bits per heavy atom. The summed E-state index contributed by atoms with van der Waals surface area (Å²) < 4.78 is 2.82. The van der Waals surface area contributed by atoms with Gasteiger partial charge < -0.3 is 25.4 Å². The normalized spacial score (nSPS) is 14.2. The number of nitrogens with one attached hydrogen (secondary N) is 1. The maximum absolute atomic E-state index is 6.32. The van der Waals surface area contributed by atoms with E-state index < -0.39 is 0 Å². The van der Waals surface area contributed by atoms with Crippen LogP contribution in [-0.2, 0) is 6.54 Å². The van der Waals surface area contributed by atoms with Crippen LogP contribution in [0.25, 0.3) is 22.3 Å². The molecule has 8 nitrogen and oxygen atoms in total. The molecule has 9 heteroatoms. The van der Waals surface area contributed by atoms with Crippen molar-refractivity contribution in [2.24, 2.45) is 0 Å². The van der Waals surface area contributed by atoms with Crippen LogP contribution in [-0.4, -0.2) is 57.1 Å². The van der Waals surface area contributed by atoms with Crippen molar-refractivity contribution in [3.8, 4) is 11.3 Å². The summed E-state index contributed by atoms with van der Waals surface area (Å²) >= 11 is 3.62. The van der Waals surface area contributed by atoms with Gasteiger partial charge in [0.05, 0.1) is 27.5 Å². The van der Waals surface area contributed by atoms with Crippen molar-refractivity contribution in [3.63, 3.8) is 0 Å². The van der Waals surface area contributed by atoms with E-state index in [4.69, 9.17) is 10.7 Å². The average Bonchev–Trinajstić information content (AvgIpc) is 3.37. The van der Waals surface area contributed by atoms with E-state index in [0.717, 1.165) is 67.2 Å². The maximum Gasteiger partial charge on any atom is 0.229 e. The van der Waals surface area contributed by atoms with Gasteiger partial charge in [-0.05, 0) is 64.4 Å². The summed E-state index contributed by atoms with van der Waals surface area (Å²) in [6.45, 7) is 8.37. The van der Waals surface area contributed by atoms with Crippen LogP contribution in [0, 0.1) is 0 Å². The molecule has 0 unspecified atom stereocenters. The van der Waals surface area contributed by atoms with Crippen molar-refractivity contribution in [1.82, 2.24) is 24.4 Å². The first-order valence-electron chi connectivity index (χ1n) is 13.2. The lowest BCUT2D eigenvalue weighted by Gasteiger charge is -2.35. The smallest absolute Gasteiger partial charge is 0.229 e. The minimum Gasteiger partial charge on any atom is -0.383 e. The van der Waals surface area contributed by atoms with E-state index >= 15 is 0 Å². The highest BCUT2D eigenvalue weighted by molar-refractivity contribution is 9.10. The van der Waals surface area contributed by atoms with Gasteiger partial charge in [-0.3, -0.25) is 0 Å². The molecule has 39 heavy (non-hydrogen) atoms. The first-order valence-corrected chi connectivity index (χ1v) is 14.0. The Morgan fingerprint density at radius 3 is 2.44 bits per heavy atom. The molecule has 0 saturated carbocycles. The second kappa shape index (κ2) is 11.0. The van der Waals surface area contributed by atoms with Crippen molar-refractivity contribution in [1.29, 1.82) is 0 Å². The molecular weight excluding hydrogens is 552 g/mol. The van der Waals surface area contributed by atoms with E-state index in [0.29, 0.717) is 16.2 Å². The van der Waals surface area contributed by atoms with Crippen LogP contribution in [0.3, 0.4) is 0 Å². The van der Waals surface area contributed by atoms with Gasteiger partial charge in [-0.25, -0.2) is 9.97 Å². The van der Waals surface area contributed by atoms with Gasteiger partial charge >= 0.3 is 0 Å². The number of hydrogen-bond acceptors (Lipinski definition) is 7. The number of imidazole rings is 1. The van der Waals surface area contributed by atoms with Gasteiger partial charge in [-0.2, -0.15) is 4.98 Å². The molecule has 0 amide bonds. The SMILES string of the molecule is CCN1CCN(c2ccc(Nc3nc(N)c(Br)c(-c4ccc5ncn(Cc6ccccc6)c5c4)n3)cc2)CC1. The molecule has 1 aliphatic heterocycles. The predicted octanol–water partition coefficient (Wildman–Crippen LogP) is 5.77. The monoisotopic (exact) mass is 582 g/mol. The fraction of sp³-hybridized carbons (Fsp3) is 0.233. The van der Waals surface area contributed by atoms with Crippen LogP contribution in [0.5, 0.6) is 0 Å². The Bertz CT molecular complexity index is 1570. The van der Waals surface area contributed by atoms with E-state index in [2.05, 4.69) is 107 Å². The van der Waals surface area contributed by atoms with Crippen molar-refractivity contribution >= 4 is 50.1 Å². The molecule has 0 radical (unpaired) electrons. The summed E-state index contributed by atoms with van der Waals surface area (Å²) in [4.78, 5) is 18.8. The highest BCUT2D eigenvalue weighted by Crippen LogP contribution is 2.33. The van der Waals surface area contributed by atoms with E-state index in [-0.39, 0.29) is 0 Å². The highest BCUT2D eigenvalue weighted by Gasteiger charge is 2.17. The molecule has 1 saturated heterocycles. The van der Waals surface area contributed by atoms with E-state index in [1.165, 1.54) is 11.3 Å². The van der Waals surface area contributed by atoms with Gasteiger partial charge in [-0.15, -0.1) is 0 Å². The molecule has 5 aromatic rings. The number of hydrogen-bond donors (Lipinski definition) is 2. The highest BCUT2D eigenvalue weighted by atomic mass is 79.9. The number of benzene rings is 3. The second-order valence-electron chi connectivity index (χ2n) is 9.75. The number of nitrogens with two attached hydrogens (primary N) is 1. The molecule has 1 fully saturated rings. The number of nitrogen functional groups attached to an aromatic ring is 1. The third-order valence-corrected chi connectivity index (χ3v) is 8.06. The third kappa shape index (κ3) is 5.46. The van der Waals surface area contributed by atoms with Crippen molar-refractivity contribution < 1.29 is 0 Å². The van der Waals surface area contributed by atoms with Crippen LogP contribution < -0.4 is 16.0 Å². The molecule has 0 bridgehead atoms. The van der Waals surface area contributed by atoms with Gasteiger partial charge in [0.2, 0.25) is 5.95 Å². The molecular formula is C30H31BrN8. The van der Waals surface area contributed by atoms with Crippen molar-refractivity contribution in [3.05, 3.63) is 89.2 Å². The third-order valence-electron chi connectivity index (χ3n) is 7.28. The summed E-state index contributed by atoms with van der Waals surface area (Å²) in [5, 5.41) is 3.34. The number of nitrogens with zero attached hydrogens (tertiary/aromatic N) is 6. The van der Waals surface area contributed by atoms with Crippen LogP contribution in [0.4, 0.5) is 23.1 Å². The minimum absolute atomic E-state index is 0.380. The Kier molecular flexibility index (Phi) is 7.17. The second-order valence-corrected chi connectivity index (χ2v) is 10.5. The summed E-state index contributed by atoms with van der Waals surface area (Å²) in [7, 11) is 0. The van der Waals surface area contributed by atoms with Crippen LogP contribution >= 0.6 is 15.9 Å². The Balaban J connectivity index is 1.24. The van der Waals surface area contributed by atoms with Crippen LogP contribution in [0.2, 0.25) is 0 Å². The molecule has 198 valence electrons. The molecule has 6 rings (SSSR count). The number of likely N-dealkylation sites (N-methyl/N-ethyl adjacent to an activating group) is 1. The van der Waals surface area contributed by atoms with Gasteiger partial charge in [0.1, 0.15) is 5.82 Å². The van der Waals surface area contributed by atoms with Crippen molar-refractivity contribution in [2.45, 2.75) is 13.5 Å². The zero-order valence-corrected chi connectivity index (χ0v) is 23.5.